The van der Waals surface area contributed by atoms with Crippen LogP contribution >= 0.6 is 0 Å². The smallest absolute Gasteiger partial charge is 0.262 e. The Balaban J connectivity index is 1.63. The fourth-order valence-electron chi connectivity index (χ4n) is 3.87. The number of unbranched alkanes of at least 4 members (excludes halogenated alkanes) is 1. The van der Waals surface area contributed by atoms with Crippen molar-refractivity contribution >= 4 is 23.4 Å². The Morgan fingerprint density at radius 3 is 2.15 bits per heavy atom. The van der Waals surface area contributed by atoms with Gasteiger partial charge in [-0.15, -0.1) is 0 Å². The van der Waals surface area contributed by atoms with Gasteiger partial charge in [0.1, 0.15) is 11.8 Å². The predicted molar refractivity (Wildman–Crippen MR) is 126 cm³/mol. The molecule has 168 valence electrons. The molecule has 1 atom stereocenters. The van der Waals surface area contributed by atoms with Gasteiger partial charge in [-0.3, -0.25) is 19.3 Å². The number of fused-ring (bicyclic) bond motifs is 1. The molecule has 1 N–H and O–H groups in total. The number of imide groups is 1. The predicted octanol–water partition coefficient (Wildman–Crippen LogP) is 4.71. The molecule has 6 heteroatoms. The van der Waals surface area contributed by atoms with Crippen molar-refractivity contribution < 1.29 is 19.1 Å². The first-order valence-corrected chi connectivity index (χ1v) is 11.1. The van der Waals surface area contributed by atoms with Crippen LogP contribution in [0.15, 0.2) is 78.9 Å². The van der Waals surface area contributed by atoms with Crippen LogP contribution in [0.1, 0.15) is 46.0 Å². The highest BCUT2D eigenvalue weighted by Gasteiger charge is 2.42. The Hall–Kier alpha value is -3.93. The van der Waals surface area contributed by atoms with E-state index in [1.807, 2.05) is 36.4 Å². The SMILES string of the molecule is CCCCOc1ccccc1NC(=O)[C@H](Cc1ccccc1)N1C(=O)c2ccccc2C1=O. The molecular formula is C27H26N2O4. The molecule has 6 nitrogen and oxygen atoms in total. The lowest BCUT2D eigenvalue weighted by Crippen LogP contribution is -2.48. The van der Waals surface area contributed by atoms with Gasteiger partial charge in [0, 0.05) is 6.42 Å². The van der Waals surface area contributed by atoms with Crippen LogP contribution in [0.5, 0.6) is 5.75 Å². The first kappa shape index (κ1) is 22.3. The maximum Gasteiger partial charge on any atom is 0.262 e. The van der Waals surface area contributed by atoms with Crippen LogP contribution in [0, 0.1) is 0 Å². The average molecular weight is 443 g/mol. The summed E-state index contributed by atoms with van der Waals surface area (Å²) in [6, 6.07) is 22.2. The number of hydrogen-bond acceptors (Lipinski definition) is 4. The van der Waals surface area contributed by atoms with E-state index in [0.29, 0.717) is 29.2 Å². The molecule has 0 radical (unpaired) electrons. The number of carbonyl (C=O) groups excluding carboxylic acids is 3. The van der Waals surface area contributed by atoms with Crippen molar-refractivity contribution in [1.82, 2.24) is 4.90 Å². The number of anilines is 1. The Morgan fingerprint density at radius 2 is 1.48 bits per heavy atom. The topological polar surface area (TPSA) is 75.7 Å². The third-order valence-corrected chi connectivity index (χ3v) is 5.61. The normalized spacial score (nSPS) is 13.5. The van der Waals surface area contributed by atoms with E-state index >= 15 is 0 Å². The highest BCUT2D eigenvalue weighted by atomic mass is 16.5. The lowest BCUT2D eigenvalue weighted by Gasteiger charge is -2.26. The van der Waals surface area contributed by atoms with Gasteiger partial charge in [0.25, 0.3) is 11.8 Å². The second-order valence-electron chi connectivity index (χ2n) is 7.92. The second kappa shape index (κ2) is 10.1. The van der Waals surface area contributed by atoms with Gasteiger partial charge in [0.05, 0.1) is 23.4 Å². The Labute approximate surface area is 193 Å². The minimum Gasteiger partial charge on any atom is -0.491 e. The molecule has 0 saturated heterocycles. The minimum absolute atomic E-state index is 0.205. The lowest BCUT2D eigenvalue weighted by atomic mass is 10.0. The summed E-state index contributed by atoms with van der Waals surface area (Å²) in [4.78, 5) is 40.9. The summed E-state index contributed by atoms with van der Waals surface area (Å²) in [5.74, 6) is -0.807. The zero-order chi connectivity index (χ0) is 23.2. The number of benzene rings is 3. The molecule has 3 amide bonds. The van der Waals surface area contributed by atoms with Gasteiger partial charge in [0.2, 0.25) is 5.91 Å². The van der Waals surface area contributed by atoms with Crippen molar-refractivity contribution in [3.05, 3.63) is 95.6 Å². The van der Waals surface area contributed by atoms with Crippen molar-refractivity contribution in [2.75, 3.05) is 11.9 Å². The van der Waals surface area contributed by atoms with Gasteiger partial charge in [-0.1, -0.05) is 67.9 Å². The minimum atomic E-state index is -1.01. The summed E-state index contributed by atoms with van der Waals surface area (Å²) >= 11 is 0. The van der Waals surface area contributed by atoms with Crippen molar-refractivity contribution in [2.45, 2.75) is 32.2 Å². The molecule has 0 saturated carbocycles. The second-order valence-corrected chi connectivity index (χ2v) is 7.92. The van der Waals surface area contributed by atoms with E-state index in [2.05, 4.69) is 12.2 Å². The van der Waals surface area contributed by atoms with E-state index in [9.17, 15) is 14.4 Å². The maximum atomic E-state index is 13.5. The van der Waals surface area contributed by atoms with Crippen LogP contribution in [0.4, 0.5) is 5.69 Å². The summed E-state index contributed by atoms with van der Waals surface area (Å²) in [6.45, 7) is 2.61. The average Bonchev–Trinajstić information content (AvgIpc) is 3.09. The molecule has 3 aromatic rings. The van der Waals surface area contributed by atoms with E-state index in [1.54, 1.807) is 42.5 Å². The number of rotatable bonds is 9. The largest absolute Gasteiger partial charge is 0.491 e. The van der Waals surface area contributed by atoms with Gasteiger partial charge >= 0.3 is 0 Å². The van der Waals surface area contributed by atoms with Crippen molar-refractivity contribution in [3.63, 3.8) is 0 Å². The number of carbonyl (C=O) groups is 3. The zero-order valence-corrected chi connectivity index (χ0v) is 18.5. The number of ether oxygens (including phenoxy) is 1. The van der Waals surface area contributed by atoms with Crippen molar-refractivity contribution in [3.8, 4) is 5.75 Å². The standard InChI is InChI=1S/C27H26N2O4/c1-2-3-17-33-24-16-10-9-15-22(24)28-25(30)23(18-19-11-5-4-6-12-19)29-26(31)20-13-7-8-14-21(20)27(29)32/h4-16,23H,2-3,17-18H2,1H3,(H,28,30)/t23-/m0/s1. The molecule has 1 aliphatic heterocycles. The molecule has 0 unspecified atom stereocenters. The summed E-state index contributed by atoms with van der Waals surface area (Å²) in [5.41, 5.74) is 1.99. The monoisotopic (exact) mass is 442 g/mol. The Morgan fingerprint density at radius 1 is 0.879 bits per heavy atom. The molecule has 1 heterocycles. The highest BCUT2D eigenvalue weighted by molar-refractivity contribution is 6.23. The fourth-order valence-corrected chi connectivity index (χ4v) is 3.87. The summed E-state index contributed by atoms with van der Waals surface area (Å²) in [5, 5.41) is 2.89. The Bertz CT molecular complexity index is 1120. The van der Waals surface area contributed by atoms with Crippen LogP contribution in [0.3, 0.4) is 0 Å². The van der Waals surface area contributed by atoms with Crippen LogP contribution in [0.25, 0.3) is 0 Å². The van der Waals surface area contributed by atoms with Crippen molar-refractivity contribution in [1.29, 1.82) is 0 Å². The fraction of sp³-hybridized carbons (Fsp3) is 0.222. The summed E-state index contributed by atoms with van der Waals surface area (Å²) in [7, 11) is 0. The van der Waals surface area contributed by atoms with E-state index < -0.39 is 23.8 Å². The molecule has 0 bridgehead atoms. The van der Waals surface area contributed by atoms with Gasteiger partial charge in [0.15, 0.2) is 0 Å². The van der Waals surface area contributed by atoms with Gasteiger partial charge < -0.3 is 10.1 Å². The molecule has 0 aliphatic carbocycles. The number of amides is 3. The van der Waals surface area contributed by atoms with E-state index in [4.69, 9.17) is 4.74 Å². The van der Waals surface area contributed by atoms with Gasteiger partial charge in [-0.25, -0.2) is 0 Å². The molecule has 4 rings (SSSR count). The molecule has 1 aliphatic rings. The summed E-state index contributed by atoms with van der Waals surface area (Å²) in [6.07, 6.45) is 2.10. The number of hydrogen-bond donors (Lipinski definition) is 1. The number of para-hydroxylation sites is 2. The van der Waals surface area contributed by atoms with E-state index in [0.717, 1.165) is 23.3 Å². The zero-order valence-electron chi connectivity index (χ0n) is 18.5. The molecule has 0 fully saturated rings. The van der Waals surface area contributed by atoms with Crippen molar-refractivity contribution in [2.24, 2.45) is 0 Å². The van der Waals surface area contributed by atoms with E-state index in [1.165, 1.54) is 0 Å². The molecule has 3 aromatic carbocycles. The van der Waals surface area contributed by atoms with E-state index in [-0.39, 0.29) is 6.42 Å². The van der Waals surface area contributed by atoms with Gasteiger partial charge in [-0.2, -0.15) is 0 Å². The molecule has 33 heavy (non-hydrogen) atoms. The molecule has 0 spiro atoms. The third kappa shape index (κ3) is 4.80. The van der Waals surface area contributed by atoms with Crippen LogP contribution in [-0.4, -0.2) is 35.3 Å². The van der Waals surface area contributed by atoms with Gasteiger partial charge in [-0.05, 0) is 36.2 Å². The molecule has 0 aromatic heterocycles. The first-order chi connectivity index (χ1) is 16.1. The highest BCUT2D eigenvalue weighted by Crippen LogP contribution is 2.28. The number of nitrogens with one attached hydrogen (secondary N) is 1. The first-order valence-electron chi connectivity index (χ1n) is 11.1. The lowest BCUT2D eigenvalue weighted by molar-refractivity contribution is -0.119. The van der Waals surface area contributed by atoms with Crippen LogP contribution < -0.4 is 10.1 Å². The number of nitrogens with zero attached hydrogens (tertiary/aromatic N) is 1. The molecular weight excluding hydrogens is 416 g/mol. The van der Waals surface area contributed by atoms with Crippen LogP contribution in [-0.2, 0) is 11.2 Å². The maximum absolute atomic E-state index is 13.5. The Kier molecular flexibility index (Phi) is 6.83. The quantitative estimate of drug-likeness (QED) is 0.385. The summed E-state index contributed by atoms with van der Waals surface area (Å²) < 4.78 is 5.83. The van der Waals surface area contributed by atoms with Crippen LogP contribution in [0.2, 0.25) is 0 Å². The third-order valence-electron chi connectivity index (χ3n) is 5.61.